The van der Waals surface area contributed by atoms with E-state index in [1.807, 2.05) is 17.5 Å². The van der Waals surface area contributed by atoms with Gasteiger partial charge in [0.2, 0.25) is 5.91 Å². The van der Waals surface area contributed by atoms with E-state index < -0.39 is 0 Å². The highest BCUT2D eigenvalue weighted by Crippen LogP contribution is 2.07. The average molecular weight is 308 g/mol. The van der Waals surface area contributed by atoms with Crippen LogP contribution in [0.15, 0.2) is 23.7 Å². The van der Waals surface area contributed by atoms with Gasteiger partial charge in [-0.05, 0) is 11.4 Å². The third-order valence-corrected chi connectivity index (χ3v) is 3.38. The molecule has 3 amide bonds. The number of amides is 3. The second kappa shape index (κ2) is 6.84. The van der Waals surface area contributed by atoms with Crippen molar-refractivity contribution >= 4 is 29.1 Å². The molecule has 0 aliphatic heterocycles. The van der Waals surface area contributed by atoms with Crippen LogP contribution in [-0.2, 0) is 17.9 Å². The summed E-state index contributed by atoms with van der Waals surface area (Å²) in [6.07, 6.45) is 1.40. The van der Waals surface area contributed by atoms with E-state index in [9.17, 15) is 9.59 Å². The first-order chi connectivity index (χ1) is 10.0. The van der Waals surface area contributed by atoms with Crippen molar-refractivity contribution in [1.29, 1.82) is 0 Å². The maximum absolute atomic E-state index is 11.7. The summed E-state index contributed by atoms with van der Waals surface area (Å²) in [5.41, 5.74) is 0. The lowest BCUT2D eigenvalue weighted by Crippen LogP contribution is -2.28. The molecule has 0 saturated heterocycles. The highest BCUT2D eigenvalue weighted by molar-refractivity contribution is 7.09. The molecule has 0 aliphatic carbocycles. The fourth-order valence-electron chi connectivity index (χ4n) is 1.44. The minimum absolute atomic E-state index is 0.00318. The van der Waals surface area contributed by atoms with E-state index in [4.69, 9.17) is 0 Å². The van der Waals surface area contributed by atoms with Crippen molar-refractivity contribution in [3.05, 3.63) is 28.6 Å². The van der Waals surface area contributed by atoms with Gasteiger partial charge in [-0.1, -0.05) is 6.07 Å². The van der Waals surface area contributed by atoms with Crippen LogP contribution in [0.1, 0.15) is 4.88 Å². The Morgan fingerprint density at radius 2 is 2.24 bits per heavy atom. The fraction of sp³-hybridized carbons (Fsp3) is 0.333. The van der Waals surface area contributed by atoms with E-state index >= 15 is 0 Å². The first kappa shape index (κ1) is 15.0. The summed E-state index contributed by atoms with van der Waals surface area (Å²) in [5.74, 6) is 0.115. The van der Waals surface area contributed by atoms with Gasteiger partial charge in [-0.2, -0.15) is 9.90 Å². The minimum Gasteiger partial charge on any atom is -0.350 e. The molecule has 2 aromatic heterocycles. The van der Waals surface area contributed by atoms with Crippen LogP contribution in [0.2, 0.25) is 0 Å². The normalized spacial score (nSPS) is 10.2. The summed E-state index contributed by atoms with van der Waals surface area (Å²) in [7, 11) is 3.25. The second-order valence-electron chi connectivity index (χ2n) is 4.44. The third kappa shape index (κ3) is 4.56. The average Bonchev–Trinajstić information content (AvgIpc) is 3.08. The van der Waals surface area contributed by atoms with Crippen LogP contribution in [0.3, 0.4) is 0 Å². The SMILES string of the molecule is CN(C)C(=O)Nc1cnn(CC(=O)NCc2cccs2)n1. The number of anilines is 1. The van der Waals surface area contributed by atoms with Gasteiger partial charge in [0.05, 0.1) is 12.7 Å². The molecule has 0 aromatic carbocycles. The quantitative estimate of drug-likeness (QED) is 0.852. The summed E-state index contributed by atoms with van der Waals surface area (Å²) < 4.78 is 0. The zero-order valence-corrected chi connectivity index (χ0v) is 12.6. The Kier molecular flexibility index (Phi) is 4.88. The van der Waals surface area contributed by atoms with E-state index in [1.165, 1.54) is 15.9 Å². The molecule has 0 fully saturated rings. The number of nitrogens with zero attached hydrogens (tertiary/aromatic N) is 4. The van der Waals surface area contributed by atoms with Crippen molar-refractivity contribution in [2.45, 2.75) is 13.1 Å². The molecular weight excluding hydrogens is 292 g/mol. The molecule has 112 valence electrons. The van der Waals surface area contributed by atoms with Crippen molar-refractivity contribution in [3.63, 3.8) is 0 Å². The maximum Gasteiger partial charge on any atom is 0.322 e. The van der Waals surface area contributed by atoms with E-state index in [1.54, 1.807) is 25.4 Å². The van der Waals surface area contributed by atoms with Crippen LogP contribution >= 0.6 is 11.3 Å². The topological polar surface area (TPSA) is 92.2 Å². The summed E-state index contributed by atoms with van der Waals surface area (Å²) in [4.78, 5) is 26.9. The Bertz CT molecular complexity index is 607. The fourth-order valence-corrected chi connectivity index (χ4v) is 2.08. The van der Waals surface area contributed by atoms with Gasteiger partial charge in [-0.25, -0.2) is 4.79 Å². The Balaban J connectivity index is 1.81. The molecule has 8 nitrogen and oxygen atoms in total. The lowest BCUT2D eigenvalue weighted by atomic mass is 10.4. The largest absolute Gasteiger partial charge is 0.350 e. The molecule has 21 heavy (non-hydrogen) atoms. The zero-order valence-electron chi connectivity index (χ0n) is 11.7. The highest BCUT2D eigenvalue weighted by atomic mass is 32.1. The van der Waals surface area contributed by atoms with Crippen molar-refractivity contribution < 1.29 is 9.59 Å². The van der Waals surface area contributed by atoms with Gasteiger partial charge in [0.15, 0.2) is 5.82 Å². The predicted octanol–water partition coefficient (Wildman–Crippen LogP) is 0.749. The van der Waals surface area contributed by atoms with Crippen molar-refractivity contribution in [3.8, 4) is 0 Å². The lowest BCUT2D eigenvalue weighted by Gasteiger charge is -2.09. The van der Waals surface area contributed by atoms with Crippen LogP contribution in [0, 0.1) is 0 Å². The number of thiophene rings is 1. The van der Waals surface area contributed by atoms with Crippen LogP contribution < -0.4 is 10.6 Å². The van der Waals surface area contributed by atoms with Gasteiger partial charge in [0, 0.05) is 19.0 Å². The minimum atomic E-state index is -0.302. The number of urea groups is 1. The molecule has 2 N–H and O–H groups in total. The number of carbonyl (C=O) groups excluding carboxylic acids is 2. The number of hydrogen-bond acceptors (Lipinski definition) is 5. The number of nitrogens with one attached hydrogen (secondary N) is 2. The van der Waals surface area contributed by atoms with E-state index in [0.717, 1.165) is 4.88 Å². The monoisotopic (exact) mass is 308 g/mol. The third-order valence-electron chi connectivity index (χ3n) is 2.50. The molecule has 2 heterocycles. The van der Waals surface area contributed by atoms with Gasteiger partial charge in [0.25, 0.3) is 0 Å². The number of carbonyl (C=O) groups is 2. The van der Waals surface area contributed by atoms with Gasteiger partial charge < -0.3 is 10.2 Å². The zero-order chi connectivity index (χ0) is 15.2. The van der Waals surface area contributed by atoms with Crippen LogP contribution in [0.4, 0.5) is 10.6 Å². The van der Waals surface area contributed by atoms with E-state index in [0.29, 0.717) is 12.4 Å². The van der Waals surface area contributed by atoms with Crippen LogP contribution in [-0.4, -0.2) is 45.9 Å². The summed E-state index contributed by atoms with van der Waals surface area (Å²) in [6.45, 7) is 0.491. The molecule has 0 saturated carbocycles. The predicted molar refractivity (Wildman–Crippen MR) is 78.9 cm³/mol. The maximum atomic E-state index is 11.7. The van der Waals surface area contributed by atoms with Crippen LogP contribution in [0.25, 0.3) is 0 Å². The number of aromatic nitrogens is 3. The molecule has 0 unspecified atom stereocenters. The molecule has 0 aliphatic rings. The Morgan fingerprint density at radius 1 is 1.43 bits per heavy atom. The summed E-state index contributed by atoms with van der Waals surface area (Å²) in [5, 5.41) is 15.2. The number of hydrogen-bond donors (Lipinski definition) is 2. The molecular formula is C12H16N6O2S. The first-order valence-corrected chi connectivity index (χ1v) is 7.10. The Labute approximate surface area is 125 Å². The molecule has 2 rings (SSSR count). The van der Waals surface area contributed by atoms with Gasteiger partial charge in [-0.15, -0.1) is 16.4 Å². The molecule has 9 heteroatoms. The Morgan fingerprint density at radius 3 is 2.90 bits per heavy atom. The Hall–Kier alpha value is -2.42. The first-order valence-electron chi connectivity index (χ1n) is 6.22. The smallest absolute Gasteiger partial charge is 0.322 e. The molecule has 0 spiro atoms. The number of rotatable bonds is 5. The molecule has 2 aromatic rings. The van der Waals surface area contributed by atoms with E-state index in [-0.39, 0.29) is 18.5 Å². The molecule has 0 atom stereocenters. The van der Waals surface area contributed by atoms with Gasteiger partial charge in [0.1, 0.15) is 6.54 Å². The lowest BCUT2D eigenvalue weighted by molar-refractivity contribution is -0.122. The highest BCUT2D eigenvalue weighted by Gasteiger charge is 2.09. The van der Waals surface area contributed by atoms with Crippen molar-refractivity contribution in [2.24, 2.45) is 0 Å². The summed E-state index contributed by atoms with van der Waals surface area (Å²) >= 11 is 1.58. The van der Waals surface area contributed by atoms with Crippen molar-refractivity contribution in [1.82, 2.24) is 25.2 Å². The molecule has 0 radical (unpaired) electrons. The van der Waals surface area contributed by atoms with Gasteiger partial charge >= 0.3 is 6.03 Å². The van der Waals surface area contributed by atoms with E-state index in [2.05, 4.69) is 20.8 Å². The van der Waals surface area contributed by atoms with Crippen molar-refractivity contribution in [2.75, 3.05) is 19.4 Å². The summed E-state index contributed by atoms with van der Waals surface area (Å²) in [6, 6.07) is 3.58. The van der Waals surface area contributed by atoms with Gasteiger partial charge in [-0.3, -0.25) is 10.1 Å². The van der Waals surface area contributed by atoms with Crippen LogP contribution in [0.5, 0.6) is 0 Å². The molecule has 0 bridgehead atoms. The standard InChI is InChI=1S/C12H16N6O2S/c1-17(2)12(20)15-10-7-14-18(16-10)8-11(19)13-6-9-4-3-5-21-9/h3-5,7H,6,8H2,1-2H3,(H,13,19)(H,15,16,20). The second-order valence-corrected chi connectivity index (χ2v) is 5.47.